The van der Waals surface area contributed by atoms with Gasteiger partial charge in [0.05, 0.1) is 24.2 Å². The molecule has 1 N–H and O–H groups in total. The highest BCUT2D eigenvalue weighted by atomic mass is 16.5. The molecule has 0 amide bonds. The van der Waals surface area contributed by atoms with E-state index >= 15 is 0 Å². The van der Waals surface area contributed by atoms with Crippen LogP contribution in [0.25, 0.3) is 0 Å². The third-order valence-corrected chi connectivity index (χ3v) is 3.01. The van der Waals surface area contributed by atoms with Crippen molar-refractivity contribution in [1.29, 1.82) is 0 Å². The summed E-state index contributed by atoms with van der Waals surface area (Å²) in [5, 5.41) is 9.65. The number of phenolic OH excluding ortho intramolecular Hbond substituents is 1. The predicted molar refractivity (Wildman–Crippen MR) is 79.0 cm³/mol. The Kier molecular flexibility index (Phi) is 4.72. The van der Waals surface area contributed by atoms with Crippen LogP contribution in [0.1, 0.15) is 34.1 Å². The van der Waals surface area contributed by atoms with Crippen molar-refractivity contribution in [1.82, 2.24) is 0 Å². The number of benzene rings is 2. The molecule has 0 heterocycles. The molecule has 2 aromatic carbocycles. The first kappa shape index (κ1) is 14.8. The number of ketones is 2. The average Bonchev–Trinajstić information content (AvgIpc) is 2.48. The van der Waals surface area contributed by atoms with Gasteiger partial charge < -0.3 is 9.84 Å². The van der Waals surface area contributed by atoms with Crippen molar-refractivity contribution >= 4 is 11.6 Å². The fourth-order valence-corrected chi connectivity index (χ4v) is 2.02. The summed E-state index contributed by atoms with van der Waals surface area (Å²) in [6.07, 6.45) is -0.304. The van der Waals surface area contributed by atoms with Crippen LogP contribution in [-0.4, -0.2) is 23.3 Å². The van der Waals surface area contributed by atoms with Crippen LogP contribution in [0.5, 0.6) is 11.5 Å². The third-order valence-electron chi connectivity index (χ3n) is 3.01. The van der Waals surface area contributed by atoms with Gasteiger partial charge in [0.15, 0.2) is 11.6 Å². The van der Waals surface area contributed by atoms with Crippen molar-refractivity contribution in [2.75, 3.05) is 6.61 Å². The van der Waals surface area contributed by atoms with Crippen LogP contribution in [0.15, 0.2) is 48.5 Å². The molecule has 2 aromatic rings. The molecule has 0 aliphatic heterocycles. The normalized spacial score (nSPS) is 10.1. The number of phenols is 1. The second-order valence-corrected chi connectivity index (χ2v) is 4.47. The molecule has 0 atom stereocenters. The summed E-state index contributed by atoms with van der Waals surface area (Å²) >= 11 is 0. The Morgan fingerprint density at radius 1 is 0.952 bits per heavy atom. The highest BCUT2D eigenvalue weighted by molar-refractivity contribution is 6.15. The van der Waals surface area contributed by atoms with Crippen LogP contribution in [0, 0.1) is 0 Å². The van der Waals surface area contributed by atoms with E-state index in [1.165, 1.54) is 12.1 Å². The lowest BCUT2D eigenvalue weighted by molar-refractivity contribution is 0.0891. The van der Waals surface area contributed by atoms with Gasteiger partial charge >= 0.3 is 0 Å². The number of carbonyl (C=O) groups excluding carboxylic acids is 2. The fourth-order valence-electron chi connectivity index (χ4n) is 2.02. The molecule has 0 aliphatic carbocycles. The monoisotopic (exact) mass is 284 g/mol. The molecule has 0 radical (unpaired) electrons. The Morgan fingerprint density at radius 2 is 1.52 bits per heavy atom. The van der Waals surface area contributed by atoms with Gasteiger partial charge in [-0.1, -0.05) is 24.3 Å². The van der Waals surface area contributed by atoms with E-state index in [-0.39, 0.29) is 23.5 Å². The van der Waals surface area contributed by atoms with Crippen LogP contribution >= 0.6 is 0 Å². The lowest BCUT2D eigenvalue weighted by atomic mass is 10.0. The molecular formula is C17H16O4. The van der Waals surface area contributed by atoms with E-state index in [1.54, 1.807) is 36.4 Å². The van der Waals surface area contributed by atoms with Gasteiger partial charge in [0.25, 0.3) is 0 Å². The zero-order chi connectivity index (χ0) is 15.2. The Morgan fingerprint density at radius 3 is 2.19 bits per heavy atom. The molecular weight excluding hydrogens is 268 g/mol. The molecule has 0 saturated carbocycles. The third kappa shape index (κ3) is 3.48. The Labute approximate surface area is 123 Å². The Bertz CT molecular complexity index is 661. The summed E-state index contributed by atoms with van der Waals surface area (Å²) < 4.78 is 5.39. The van der Waals surface area contributed by atoms with Gasteiger partial charge in [0.1, 0.15) is 11.5 Å². The summed E-state index contributed by atoms with van der Waals surface area (Å²) in [7, 11) is 0. The molecule has 0 spiro atoms. The molecule has 0 aromatic heterocycles. The van der Waals surface area contributed by atoms with Crippen molar-refractivity contribution in [2.45, 2.75) is 13.3 Å². The zero-order valence-corrected chi connectivity index (χ0v) is 11.7. The lowest BCUT2D eigenvalue weighted by Crippen LogP contribution is -2.10. The molecule has 0 fully saturated rings. The minimum Gasteiger partial charge on any atom is -0.507 e. The molecule has 21 heavy (non-hydrogen) atoms. The fraction of sp³-hybridized carbons (Fsp3) is 0.176. The van der Waals surface area contributed by atoms with Gasteiger partial charge in [-0.3, -0.25) is 9.59 Å². The van der Waals surface area contributed by atoms with E-state index in [0.29, 0.717) is 17.9 Å². The second-order valence-electron chi connectivity index (χ2n) is 4.47. The summed E-state index contributed by atoms with van der Waals surface area (Å²) in [4.78, 5) is 24.3. The summed E-state index contributed by atoms with van der Waals surface area (Å²) in [5.41, 5.74) is 0.530. The minimum absolute atomic E-state index is 0.117. The maximum absolute atomic E-state index is 12.3. The zero-order valence-electron chi connectivity index (χ0n) is 11.7. The van der Waals surface area contributed by atoms with Gasteiger partial charge in [-0.15, -0.1) is 0 Å². The molecule has 108 valence electrons. The van der Waals surface area contributed by atoms with E-state index < -0.39 is 5.78 Å². The summed E-state index contributed by atoms with van der Waals surface area (Å²) in [6, 6.07) is 13.0. The van der Waals surface area contributed by atoms with Crippen molar-refractivity contribution in [3.8, 4) is 11.5 Å². The first-order valence-electron chi connectivity index (χ1n) is 6.69. The predicted octanol–water partition coefficient (Wildman–Crippen LogP) is 3.25. The second kappa shape index (κ2) is 6.70. The number of rotatable bonds is 6. The largest absolute Gasteiger partial charge is 0.507 e. The van der Waals surface area contributed by atoms with Crippen LogP contribution in [0.3, 0.4) is 0 Å². The van der Waals surface area contributed by atoms with Crippen molar-refractivity contribution in [3.63, 3.8) is 0 Å². The van der Waals surface area contributed by atoms with Crippen LogP contribution in [-0.2, 0) is 0 Å². The van der Waals surface area contributed by atoms with E-state index in [2.05, 4.69) is 0 Å². The maximum atomic E-state index is 12.3. The first-order chi connectivity index (χ1) is 10.1. The topological polar surface area (TPSA) is 63.6 Å². The Hall–Kier alpha value is -2.62. The average molecular weight is 284 g/mol. The van der Waals surface area contributed by atoms with Gasteiger partial charge in [-0.05, 0) is 31.2 Å². The molecule has 0 bridgehead atoms. The summed E-state index contributed by atoms with van der Waals surface area (Å²) in [5.74, 6) is -0.389. The van der Waals surface area contributed by atoms with Crippen LogP contribution in [0.4, 0.5) is 0 Å². The molecule has 0 unspecified atom stereocenters. The van der Waals surface area contributed by atoms with Crippen molar-refractivity contribution < 1.29 is 19.4 Å². The molecule has 2 rings (SSSR count). The first-order valence-corrected chi connectivity index (χ1v) is 6.69. The number of hydrogen-bond donors (Lipinski definition) is 1. The van der Waals surface area contributed by atoms with Gasteiger partial charge in [-0.25, -0.2) is 0 Å². The molecule has 4 nitrogen and oxygen atoms in total. The molecule has 0 saturated heterocycles. The number of aromatic hydroxyl groups is 1. The van der Waals surface area contributed by atoms with E-state index in [1.807, 2.05) is 6.92 Å². The lowest BCUT2D eigenvalue weighted by Gasteiger charge is -2.09. The minimum atomic E-state index is -0.413. The molecule has 4 heteroatoms. The van der Waals surface area contributed by atoms with Gasteiger partial charge in [0.2, 0.25) is 0 Å². The highest BCUT2D eigenvalue weighted by Crippen LogP contribution is 2.22. The van der Waals surface area contributed by atoms with E-state index in [0.717, 1.165) is 0 Å². The van der Waals surface area contributed by atoms with Crippen molar-refractivity contribution in [2.24, 2.45) is 0 Å². The quantitative estimate of drug-likeness (QED) is 0.653. The Balaban J connectivity index is 2.19. The highest BCUT2D eigenvalue weighted by Gasteiger charge is 2.18. The summed E-state index contributed by atoms with van der Waals surface area (Å²) in [6.45, 7) is 2.27. The standard InChI is InChI=1S/C17H16O4/c1-2-21-17-10-6-4-8-13(17)16(20)11-15(19)12-7-3-5-9-14(12)18/h3-10,18H,2,11H2,1H3. The number of carbonyl (C=O) groups is 2. The smallest absolute Gasteiger partial charge is 0.174 e. The maximum Gasteiger partial charge on any atom is 0.174 e. The van der Waals surface area contributed by atoms with Crippen LogP contribution < -0.4 is 4.74 Å². The van der Waals surface area contributed by atoms with Gasteiger partial charge in [-0.2, -0.15) is 0 Å². The van der Waals surface area contributed by atoms with E-state index in [9.17, 15) is 14.7 Å². The van der Waals surface area contributed by atoms with Crippen LogP contribution in [0.2, 0.25) is 0 Å². The van der Waals surface area contributed by atoms with E-state index in [4.69, 9.17) is 4.74 Å². The SMILES string of the molecule is CCOc1ccccc1C(=O)CC(=O)c1ccccc1O. The van der Waals surface area contributed by atoms with Crippen molar-refractivity contribution in [3.05, 3.63) is 59.7 Å². The van der Waals surface area contributed by atoms with Gasteiger partial charge in [0, 0.05) is 0 Å². The molecule has 0 aliphatic rings. The number of hydrogen-bond acceptors (Lipinski definition) is 4. The number of para-hydroxylation sites is 2. The number of ether oxygens (including phenoxy) is 1. The number of Topliss-reactive ketones (excluding diaryl/α,β-unsaturated/α-hetero) is 2.